The van der Waals surface area contributed by atoms with E-state index in [0.29, 0.717) is 13.0 Å². The second kappa shape index (κ2) is 5.14. The van der Waals surface area contributed by atoms with Crippen molar-refractivity contribution in [2.24, 2.45) is 0 Å². The number of rotatable bonds is 4. The molecule has 3 heteroatoms. The van der Waals surface area contributed by atoms with Gasteiger partial charge in [0, 0.05) is 19.5 Å². The smallest absolute Gasteiger partial charge is 0.163 e. The second-order valence-electron chi connectivity index (χ2n) is 3.42. The first-order chi connectivity index (χ1) is 6.24. The van der Waals surface area contributed by atoms with Gasteiger partial charge in [0.05, 0.1) is 6.61 Å². The van der Waals surface area contributed by atoms with Crippen LogP contribution in [0.5, 0.6) is 0 Å². The zero-order valence-corrected chi connectivity index (χ0v) is 8.16. The molecule has 1 unspecified atom stereocenters. The molecule has 0 aliphatic carbocycles. The molecular formula is C10H17NO2. The average molecular weight is 183 g/mol. The Morgan fingerprint density at radius 1 is 1.77 bits per heavy atom. The summed E-state index contributed by atoms with van der Waals surface area (Å²) in [4.78, 5) is 13.6. The molecule has 0 radical (unpaired) electrons. The summed E-state index contributed by atoms with van der Waals surface area (Å²) in [6, 6.07) is 0. The molecule has 0 aromatic heterocycles. The van der Waals surface area contributed by atoms with E-state index in [4.69, 9.17) is 4.74 Å². The van der Waals surface area contributed by atoms with Crippen molar-refractivity contribution in [3.8, 4) is 0 Å². The van der Waals surface area contributed by atoms with Crippen LogP contribution >= 0.6 is 0 Å². The van der Waals surface area contributed by atoms with E-state index in [1.54, 1.807) is 6.08 Å². The van der Waals surface area contributed by atoms with E-state index in [1.165, 1.54) is 0 Å². The van der Waals surface area contributed by atoms with Crippen molar-refractivity contribution in [3.05, 3.63) is 12.7 Å². The number of nitrogens with zero attached hydrogens (tertiary/aromatic N) is 1. The van der Waals surface area contributed by atoms with Gasteiger partial charge >= 0.3 is 0 Å². The third kappa shape index (κ3) is 3.28. The highest BCUT2D eigenvalue weighted by molar-refractivity contribution is 5.83. The van der Waals surface area contributed by atoms with Crippen LogP contribution in [0.25, 0.3) is 0 Å². The van der Waals surface area contributed by atoms with Crippen molar-refractivity contribution in [1.29, 1.82) is 0 Å². The molecule has 0 bridgehead atoms. The van der Waals surface area contributed by atoms with E-state index in [0.717, 1.165) is 19.5 Å². The number of allylic oxidation sites excluding steroid dienone is 1. The maximum absolute atomic E-state index is 11.5. The molecule has 0 spiro atoms. The lowest BCUT2D eigenvalue weighted by Gasteiger charge is -2.28. The number of hydrogen-bond donors (Lipinski definition) is 0. The number of carbonyl (C=O) groups excluding carboxylic acids is 1. The first kappa shape index (κ1) is 10.4. The Bertz CT molecular complexity index is 191. The Kier molecular flexibility index (Phi) is 4.12. The summed E-state index contributed by atoms with van der Waals surface area (Å²) in [6.07, 6.45) is 2.87. The number of ketones is 1. The molecule has 1 atom stereocenters. The van der Waals surface area contributed by atoms with E-state index in [1.807, 2.05) is 7.05 Å². The normalized spacial score (nSPS) is 24.2. The number of ether oxygens (including phenoxy) is 1. The van der Waals surface area contributed by atoms with Gasteiger partial charge in [-0.1, -0.05) is 6.08 Å². The van der Waals surface area contributed by atoms with Crippen molar-refractivity contribution in [2.45, 2.75) is 18.9 Å². The molecule has 0 aromatic rings. The molecule has 1 aliphatic heterocycles. The Labute approximate surface area is 79.4 Å². The average Bonchev–Trinajstić information content (AvgIpc) is 2.14. The number of carbonyl (C=O) groups is 1. The predicted molar refractivity (Wildman–Crippen MR) is 51.7 cm³/mol. The van der Waals surface area contributed by atoms with Gasteiger partial charge in [-0.25, -0.2) is 0 Å². The van der Waals surface area contributed by atoms with Crippen molar-refractivity contribution in [2.75, 3.05) is 26.7 Å². The van der Waals surface area contributed by atoms with Gasteiger partial charge in [-0.15, -0.1) is 6.58 Å². The molecule has 74 valence electrons. The fourth-order valence-corrected chi connectivity index (χ4v) is 1.38. The summed E-state index contributed by atoms with van der Waals surface area (Å²) in [5.41, 5.74) is 0. The highest BCUT2D eigenvalue weighted by Gasteiger charge is 2.23. The SMILES string of the molecule is C=CCCC(=O)C1CN(C)CCO1. The topological polar surface area (TPSA) is 29.5 Å². The highest BCUT2D eigenvalue weighted by Crippen LogP contribution is 2.07. The quantitative estimate of drug-likeness (QED) is 0.605. The van der Waals surface area contributed by atoms with Crippen LogP contribution in [0.1, 0.15) is 12.8 Å². The van der Waals surface area contributed by atoms with Crippen molar-refractivity contribution in [3.63, 3.8) is 0 Å². The Morgan fingerprint density at radius 3 is 3.15 bits per heavy atom. The van der Waals surface area contributed by atoms with E-state index in [9.17, 15) is 4.79 Å². The van der Waals surface area contributed by atoms with Gasteiger partial charge in [0.25, 0.3) is 0 Å². The molecule has 0 amide bonds. The second-order valence-corrected chi connectivity index (χ2v) is 3.42. The number of Topliss-reactive ketones (excluding diaryl/α,β-unsaturated/α-hetero) is 1. The summed E-state index contributed by atoms with van der Waals surface area (Å²) >= 11 is 0. The third-order valence-electron chi connectivity index (χ3n) is 2.22. The van der Waals surface area contributed by atoms with Gasteiger partial charge < -0.3 is 9.64 Å². The van der Waals surface area contributed by atoms with E-state index in [2.05, 4.69) is 11.5 Å². The minimum absolute atomic E-state index is 0.200. The van der Waals surface area contributed by atoms with Gasteiger partial charge in [-0.2, -0.15) is 0 Å². The predicted octanol–water partition coefficient (Wildman–Crippen LogP) is 0.852. The van der Waals surface area contributed by atoms with E-state index >= 15 is 0 Å². The summed E-state index contributed by atoms with van der Waals surface area (Å²) in [5.74, 6) is 0.200. The molecule has 13 heavy (non-hydrogen) atoms. The monoisotopic (exact) mass is 183 g/mol. The number of morpholine rings is 1. The van der Waals surface area contributed by atoms with E-state index < -0.39 is 0 Å². The zero-order chi connectivity index (χ0) is 9.68. The van der Waals surface area contributed by atoms with Crippen LogP contribution in [0.2, 0.25) is 0 Å². The Balaban J connectivity index is 2.32. The largest absolute Gasteiger partial charge is 0.368 e. The lowest BCUT2D eigenvalue weighted by atomic mass is 10.1. The van der Waals surface area contributed by atoms with Gasteiger partial charge in [-0.05, 0) is 13.5 Å². The van der Waals surface area contributed by atoms with Gasteiger partial charge in [-0.3, -0.25) is 4.79 Å². The van der Waals surface area contributed by atoms with Gasteiger partial charge in [0.15, 0.2) is 5.78 Å². The summed E-state index contributed by atoms with van der Waals surface area (Å²) in [6.45, 7) is 5.91. The van der Waals surface area contributed by atoms with Crippen LogP contribution in [0.15, 0.2) is 12.7 Å². The molecule has 3 nitrogen and oxygen atoms in total. The van der Waals surface area contributed by atoms with Crippen molar-refractivity contribution in [1.82, 2.24) is 4.90 Å². The molecule has 1 rings (SSSR count). The Hall–Kier alpha value is -0.670. The first-order valence-electron chi connectivity index (χ1n) is 4.68. The minimum Gasteiger partial charge on any atom is -0.368 e. The first-order valence-corrected chi connectivity index (χ1v) is 4.68. The minimum atomic E-state index is -0.210. The summed E-state index contributed by atoms with van der Waals surface area (Å²) in [5, 5.41) is 0. The van der Waals surface area contributed by atoms with Crippen molar-refractivity contribution >= 4 is 5.78 Å². The number of likely N-dealkylation sites (N-methyl/N-ethyl adjacent to an activating group) is 1. The van der Waals surface area contributed by atoms with Crippen LogP contribution in [-0.4, -0.2) is 43.5 Å². The van der Waals surface area contributed by atoms with Crippen LogP contribution in [0.4, 0.5) is 0 Å². The lowest BCUT2D eigenvalue weighted by molar-refractivity contribution is -0.135. The fourth-order valence-electron chi connectivity index (χ4n) is 1.38. The molecule has 1 aliphatic rings. The lowest BCUT2D eigenvalue weighted by Crippen LogP contribution is -2.44. The molecule has 0 saturated carbocycles. The summed E-state index contributed by atoms with van der Waals surface area (Å²) < 4.78 is 5.38. The van der Waals surface area contributed by atoms with Crippen LogP contribution in [0.3, 0.4) is 0 Å². The maximum atomic E-state index is 11.5. The number of hydrogen-bond acceptors (Lipinski definition) is 3. The van der Waals surface area contributed by atoms with Gasteiger partial charge in [0.1, 0.15) is 6.10 Å². The highest BCUT2D eigenvalue weighted by atomic mass is 16.5. The molecule has 1 saturated heterocycles. The molecule has 1 heterocycles. The summed E-state index contributed by atoms with van der Waals surface area (Å²) in [7, 11) is 2.01. The molecular weight excluding hydrogens is 166 g/mol. The van der Waals surface area contributed by atoms with Gasteiger partial charge in [0.2, 0.25) is 0 Å². The maximum Gasteiger partial charge on any atom is 0.163 e. The fraction of sp³-hybridized carbons (Fsp3) is 0.700. The third-order valence-corrected chi connectivity index (χ3v) is 2.22. The van der Waals surface area contributed by atoms with E-state index in [-0.39, 0.29) is 11.9 Å². The molecule has 0 N–H and O–H groups in total. The van der Waals surface area contributed by atoms with Crippen LogP contribution in [0, 0.1) is 0 Å². The zero-order valence-electron chi connectivity index (χ0n) is 8.16. The molecule has 1 fully saturated rings. The van der Waals surface area contributed by atoms with Crippen LogP contribution < -0.4 is 0 Å². The molecule has 0 aromatic carbocycles. The van der Waals surface area contributed by atoms with Crippen LogP contribution in [-0.2, 0) is 9.53 Å². The standard InChI is InChI=1S/C10H17NO2/c1-3-4-5-9(12)10-8-11(2)6-7-13-10/h3,10H,1,4-8H2,2H3. The van der Waals surface area contributed by atoms with Crippen molar-refractivity contribution < 1.29 is 9.53 Å². The Morgan fingerprint density at radius 2 is 2.54 bits per heavy atom.